The highest BCUT2D eigenvalue weighted by atomic mass is 16.5. The molecule has 0 unspecified atom stereocenters. The molecule has 1 aromatic carbocycles. The number of aryl methyl sites for hydroxylation is 2. The van der Waals surface area contributed by atoms with Gasteiger partial charge in [0.2, 0.25) is 0 Å². The molecule has 1 aliphatic rings. The number of amides is 1. The zero-order valence-corrected chi connectivity index (χ0v) is 11.4. The van der Waals surface area contributed by atoms with Crippen LogP contribution in [0.15, 0.2) is 18.2 Å². The van der Waals surface area contributed by atoms with Crippen LogP contribution in [0.3, 0.4) is 0 Å². The molecule has 1 atom stereocenters. The van der Waals surface area contributed by atoms with E-state index in [1.807, 2.05) is 30.0 Å². The summed E-state index contributed by atoms with van der Waals surface area (Å²) in [5, 5.41) is 0. The van der Waals surface area contributed by atoms with Gasteiger partial charge in [0.1, 0.15) is 0 Å². The summed E-state index contributed by atoms with van der Waals surface area (Å²) in [5.41, 5.74) is 3.19. The highest BCUT2D eigenvalue weighted by Gasteiger charge is 2.29. The van der Waals surface area contributed by atoms with Gasteiger partial charge < -0.3 is 9.64 Å². The summed E-state index contributed by atoms with van der Waals surface area (Å²) in [6.45, 7) is 5.59. The van der Waals surface area contributed by atoms with Crippen LogP contribution in [0.1, 0.15) is 34.3 Å². The van der Waals surface area contributed by atoms with Gasteiger partial charge in [0.25, 0.3) is 5.91 Å². The first-order valence-electron chi connectivity index (χ1n) is 6.50. The molecule has 3 nitrogen and oxygen atoms in total. The van der Waals surface area contributed by atoms with E-state index in [1.54, 1.807) is 7.11 Å². The first-order valence-corrected chi connectivity index (χ1v) is 6.50. The Kier molecular flexibility index (Phi) is 4.02. The zero-order valence-electron chi connectivity index (χ0n) is 11.4. The fourth-order valence-electron chi connectivity index (χ4n) is 2.51. The van der Waals surface area contributed by atoms with Crippen molar-refractivity contribution < 1.29 is 9.53 Å². The molecule has 0 bridgehead atoms. The fourth-order valence-corrected chi connectivity index (χ4v) is 2.51. The molecule has 0 N–H and O–H groups in total. The minimum Gasteiger partial charge on any atom is -0.383 e. The van der Waals surface area contributed by atoms with Crippen molar-refractivity contribution in [1.29, 1.82) is 0 Å². The molecule has 0 spiro atoms. The Bertz CT molecular complexity index is 442. The molecule has 1 aliphatic heterocycles. The minimum atomic E-state index is 0.137. The number of rotatable bonds is 3. The van der Waals surface area contributed by atoms with E-state index in [1.165, 1.54) is 11.1 Å². The fraction of sp³-hybridized carbons (Fsp3) is 0.533. The summed E-state index contributed by atoms with van der Waals surface area (Å²) in [6, 6.07) is 6.17. The van der Waals surface area contributed by atoms with Gasteiger partial charge >= 0.3 is 0 Å². The quantitative estimate of drug-likeness (QED) is 0.821. The van der Waals surface area contributed by atoms with Crippen LogP contribution in [-0.4, -0.2) is 37.1 Å². The van der Waals surface area contributed by atoms with Crippen LogP contribution in [0, 0.1) is 13.8 Å². The minimum absolute atomic E-state index is 0.137. The van der Waals surface area contributed by atoms with Crippen molar-refractivity contribution in [3.63, 3.8) is 0 Å². The number of hydrogen-bond acceptors (Lipinski definition) is 2. The predicted octanol–water partition coefficient (Wildman–Crippen LogP) is 2.55. The van der Waals surface area contributed by atoms with Crippen LogP contribution >= 0.6 is 0 Å². The second kappa shape index (κ2) is 5.53. The SMILES string of the molecule is COC[C@H]1CCCN1C(=O)c1ccc(C)c(C)c1. The Morgan fingerprint density at radius 2 is 2.17 bits per heavy atom. The predicted molar refractivity (Wildman–Crippen MR) is 71.9 cm³/mol. The summed E-state index contributed by atoms with van der Waals surface area (Å²) in [5.74, 6) is 0.137. The molecule has 18 heavy (non-hydrogen) atoms. The number of methoxy groups -OCH3 is 1. The van der Waals surface area contributed by atoms with E-state index < -0.39 is 0 Å². The molecule has 0 saturated carbocycles. The Morgan fingerprint density at radius 3 is 2.83 bits per heavy atom. The van der Waals surface area contributed by atoms with Crippen LogP contribution < -0.4 is 0 Å². The molecular weight excluding hydrogens is 226 g/mol. The molecule has 0 radical (unpaired) electrons. The van der Waals surface area contributed by atoms with Crippen molar-refractivity contribution in [3.05, 3.63) is 34.9 Å². The Hall–Kier alpha value is -1.35. The van der Waals surface area contributed by atoms with Crippen LogP contribution in [0.2, 0.25) is 0 Å². The van der Waals surface area contributed by atoms with E-state index in [2.05, 4.69) is 6.92 Å². The van der Waals surface area contributed by atoms with Gasteiger partial charge in [0, 0.05) is 19.2 Å². The van der Waals surface area contributed by atoms with Crippen molar-refractivity contribution in [1.82, 2.24) is 4.90 Å². The summed E-state index contributed by atoms with van der Waals surface area (Å²) in [7, 11) is 1.69. The average molecular weight is 247 g/mol. The molecule has 1 aromatic rings. The molecule has 0 aromatic heterocycles. The van der Waals surface area contributed by atoms with E-state index in [0.717, 1.165) is 24.9 Å². The number of likely N-dealkylation sites (tertiary alicyclic amines) is 1. The Labute approximate surface area is 109 Å². The molecule has 2 rings (SSSR count). The third kappa shape index (κ3) is 2.56. The van der Waals surface area contributed by atoms with Crippen LogP contribution in [-0.2, 0) is 4.74 Å². The first-order chi connectivity index (χ1) is 8.63. The molecule has 1 saturated heterocycles. The van der Waals surface area contributed by atoms with Crippen molar-refractivity contribution in [2.45, 2.75) is 32.7 Å². The lowest BCUT2D eigenvalue weighted by Crippen LogP contribution is -2.38. The lowest BCUT2D eigenvalue weighted by atomic mass is 10.1. The van der Waals surface area contributed by atoms with Crippen molar-refractivity contribution in [2.24, 2.45) is 0 Å². The second-order valence-corrected chi connectivity index (χ2v) is 5.05. The Balaban J connectivity index is 2.17. The maximum atomic E-state index is 12.5. The second-order valence-electron chi connectivity index (χ2n) is 5.05. The number of hydrogen-bond donors (Lipinski definition) is 0. The number of benzene rings is 1. The van der Waals surface area contributed by atoms with Gasteiger partial charge in [-0.15, -0.1) is 0 Å². The molecule has 1 heterocycles. The number of carbonyl (C=O) groups excluding carboxylic acids is 1. The largest absolute Gasteiger partial charge is 0.383 e. The monoisotopic (exact) mass is 247 g/mol. The summed E-state index contributed by atoms with van der Waals surface area (Å²) >= 11 is 0. The maximum Gasteiger partial charge on any atom is 0.254 e. The van der Waals surface area contributed by atoms with Crippen LogP contribution in [0.4, 0.5) is 0 Å². The zero-order chi connectivity index (χ0) is 13.1. The molecule has 1 fully saturated rings. The highest BCUT2D eigenvalue weighted by Crippen LogP contribution is 2.21. The third-order valence-corrected chi connectivity index (χ3v) is 3.75. The summed E-state index contributed by atoms with van der Waals surface area (Å²) in [4.78, 5) is 14.4. The van der Waals surface area contributed by atoms with Crippen LogP contribution in [0.25, 0.3) is 0 Å². The highest BCUT2D eigenvalue weighted by molar-refractivity contribution is 5.94. The molecule has 3 heteroatoms. The lowest BCUT2D eigenvalue weighted by Gasteiger charge is -2.24. The van der Waals surface area contributed by atoms with Crippen LogP contribution in [0.5, 0.6) is 0 Å². The molecule has 1 amide bonds. The van der Waals surface area contributed by atoms with Gasteiger partial charge in [0.15, 0.2) is 0 Å². The summed E-state index contributed by atoms with van der Waals surface area (Å²) < 4.78 is 5.19. The topological polar surface area (TPSA) is 29.5 Å². The molecule has 0 aliphatic carbocycles. The van der Waals surface area contributed by atoms with E-state index in [-0.39, 0.29) is 11.9 Å². The Morgan fingerprint density at radius 1 is 1.39 bits per heavy atom. The smallest absolute Gasteiger partial charge is 0.254 e. The molecular formula is C15H21NO2. The summed E-state index contributed by atoms with van der Waals surface area (Å²) in [6.07, 6.45) is 2.12. The van der Waals surface area contributed by atoms with E-state index in [9.17, 15) is 4.79 Å². The van der Waals surface area contributed by atoms with Gasteiger partial charge in [-0.3, -0.25) is 4.79 Å². The van der Waals surface area contributed by atoms with Gasteiger partial charge in [-0.05, 0) is 49.9 Å². The number of nitrogens with zero attached hydrogens (tertiary/aromatic N) is 1. The van der Waals surface area contributed by atoms with Crippen molar-refractivity contribution in [2.75, 3.05) is 20.3 Å². The van der Waals surface area contributed by atoms with Crippen molar-refractivity contribution in [3.8, 4) is 0 Å². The number of ether oxygens (including phenoxy) is 1. The van der Waals surface area contributed by atoms with E-state index >= 15 is 0 Å². The first kappa shape index (κ1) is 13.1. The molecule has 98 valence electrons. The average Bonchev–Trinajstić information content (AvgIpc) is 2.80. The number of carbonyl (C=O) groups is 1. The van der Waals surface area contributed by atoms with Crippen molar-refractivity contribution >= 4 is 5.91 Å². The standard InChI is InChI=1S/C15H21NO2/c1-11-6-7-13(9-12(11)2)15(17)16-8-4-5-14(16)10-18-3/h6-7,9,14H,4-5,8,10H2,1-3H3/t14-/m1/s1. The van der Waals surface area contributed by atoms with Gasteiger partial charge in [-0.25, -0.2) is 0 Å². The maximum absolute atomic E-state index is 12.5. The van der Waals surface area contributed by atoms with Gasteiger partial charge in [-0.2, -0.15) is 0 Å². The van der Waals surface area contributed by atoms with E-state index in [0.29, 0.717) is 6.61 Å². The van der Waals surface area contributed by atoms with Gasteiger partial charge in [0.05, 0.1) is 12.6 Å². The third-order valence-electron chi connectivity index (χ3n) is 3.75. The van der Waals surface area contributed by atoms with E-state index in [4.69, 9.17) is 4.74 Å². The van der Waals surface area contributed by atoms with Gasteiger partial charge in [-0.1, -0.05) is 6.07 Å². The normalized spacial score (nSPS) is 19.3. The lowest BCUT2D eigenvalue weighted by molar-refractivity contribution is 0.0630.